The Morgan fingerprint density at radius 3 is 1.73 bits per heavy atom. The predicted octanol–water partition coefficient (Wildman–Crippen LogP) is -2.56. The summed E-state index contributed by atoms with van der Waals surface area (Å²) in [6, 6.07) is 0. The fraction of sp³-hybridized carbons (Fsp3) is 1.00. The fourth-order valence-electron chi connectivity index (χ4n) is 0.621. The summed E-state index contributed by atoms with van der Waals surface area (Å²) in [5.74, 6) is 0. The van der Waals surface area contributed by atoms with Crippen LogP contribution in [0.15, 0.2) is 0 Å². The van der Waals surface area contributed by atoms with Crippen molar-refractivity contribution in [2.45, 2.75) is 31.3 Å². The molecule has 0 unspecified atom stereocenters. The molecule has 0 aliphatic carbocycles. The highest BCUT2D eigenvalue weighted by atomic mass is 16.4. The van der Waals surface area contributed by atoms with Gasteiger partial charge in [-0.1, -0.05) is 0 Å². The highest BCUT2D eigenvalue weighted by Crippen LogP contribution is 2.03. The zero-order valence-electron chi connectivity index (χ0n) is 6.25. The van der Waals surface area contributed by atoms with Gasteiger partial charge in [0, 0.05) is 0 Å². The van der Waals surface area contributed by atoms with Crippen LogP contribution >= 0.6 is 0 Å². The van der Waals surface area contributed by atoms with Gasteiger partial charge in [0.15, 0.2) is 0 Å². The average Bonchev–Trinajstić information content (AvgIpc) is 2.00. The lowest BCUT2D eigenvalue weighted by atomic mass is 10.1. The second-order valence-corrected chi connectivity index (χ2v) is 2.47. The topological polar surface area (TPSA) is 101 Å². The van der Waals surface area contributed by atoms with Gasteiger partial charge in [0.05, 0.1) is 12.7 Å². The normalized spacial score (nSPS) is 22.4. The molecular formula is C6H14O5. The van der Waals surface area contributed by atoms with Crippen LogP contribution in [0.3, 0.4) is 0 Å². The van der Waals surface area contributed by atoms with E-state index in [1.165, 1.54) is 6.92 Å². The minimum Gasteiger partial charge on any atom is -0.394 e. The summed E-state index contributed by atoms with van der Waals surface area (Å²) in [5.41, 5.74) is 0. The van der Waals surface area contributed by atoms with E-state index in [9.17, 15) is 0 Å². The fourth-order valence-corrected chi connectivity index (χ4v) is 0.621. The van der Waals surface area contributed by atoms with Crippen molar-refractivity contribution in [1.29, 1.82) is 0 Å². The molecule has 0 aromatic heterocycles. The van der Waals surface area contributed by atoms with E-state index in [4.69, 9.17) is 25.5 Å². The van der Waals surface area contributed by atoms with E-state index < -0.39 is 31.0 Å². The Morgan fingerprint density at radius 1 is 1.00 bits per heavy atom. The van der Waals surface area contributed by atoms with Crippen LogP contribution in [-0.2, 0) is 0 Å². The molecule has 5 nitrogen and oxygen atoms in total. The van der Waals surface area contributed by atoms with E-state index >= 15 is 0 Å². The smallest absolute Gasteiger partial charge is 0.110 e. The summed E-state index contributed by atoms with van der Waals surface area (Å²) in [6.45, 7) is 0.628. The van der Waals surface area contributed by atoms with Gasteiger partial charge in [-0.25, -0.2) is 0 Å². The first-order valence-corrected chi connectivity index (χ1v) is 3.33. The van der Waals surface area contributed by atoms with E-state index in [0.717, 1.165) is 0 Å². The maximum atomic E-state index is 8.94. The molecule has 5 N–H and O–H groups in total. The summed E-state index contributed by atoms with van der Waals surface area (Å²) < 4.78 is 0. The van der Waals surface area contributed by atoms with Gasteiger partial charge < -0.3 is 25.5 Å². The van der Waals surface area contributed by atoms with E-state index in [1.807, 2.05) is 0 Å². The van der Waals surface area contributed by atoms with Crippen LogP contribution in [0.4, 0.5) is 0 Å². The van der Waals surface area contributed by atoms with Crippen molar-refractivity contribution in [3.63, 3.8) is 0 Å². The third kappa shape index (κ3) is 3.13. The Hall–Kier alpha value is -0.200. The first-order valence-electron chi connectivity index (χ1n) is 3.33. The molecule has 0 aromatic rings. The number of rotatable bonds is 4. The molecule has 0 rings (SSSR count). The van der Waals surface area contributed by atoms with Crippen LogP contribution in [0, 0.1) is 0 Å². The Morgan fingerprint density at radius 2 is 1.45 bits per heavy atom. The molecule has 0 saturated carbocycles. The second-order valence-electron chi connectivity index (χ2n) is 2.47. The van der Waals surface area contributed by atoms with E-state index in [-0.39, 0.29) is 0 Å². The third-order valence-electron chi connectivity index (χ3n) is 1.43. The van der Waals surface area contributed by atoms with Gasteiger partial charge in [0.25, 0.3) is 0 Å². The van der Waals surface area contributed by atoms with E-state index in [0.29, 0.717) is 0 Å². The monoisotopic (exact) mass is 166 g/mol. The van der Waals surface area contributed by atoms with Crippen LogP contribution in [0.1, 0.15) is 6.92 Å². The van der Waals surface area contributed by atoms with Crippen LogP contribution in [-0.4, -0.2) is 56.6 Å². The van der Waals surface area contributed by atoms with Crippen LogP contribution in [0.25, 0.3) is 0 Å². The average molecular weight is 166 g/mol. The first kappa shape index (κ1) is 10.8. The number of aliphatic hydroxyl groups is 5. The molecule has 0 fully saturated rings. The quantitative estimate of drug-likeness (QED) is 0.316. The Bertz CT molecular complexity index is 105. The SMILES string of the molecule is C[C@H](O)[C@@H](O)[C@H](O)[C@H](O)CO. The summed E-state index contributed by atoms with van der Waals surface area (Å²) in [4.78, 5) is 0. The molecule has 0 saturated heterocycles. The van der Waals surface area contributed by atoms with Gasteiger partial charge in [-0.2, -0.15) is 0 Å². The summed E-state index contributed by atoms with van der Waals surface area (Å²) in [5, 5.41) is 43.7. The molecule has 4 atom stereocenters. The van der Waals surface area contributed by atoms with Crippen LogP contribution in [0.5, 0.6) is 0 Å². The predicted molar refractivity (Wildman–Crippen MR) is 36.8 cm³/mol. The number of aliphatic hydroxyl groups excluding tert-OH is 5. The standard InChI is InChI=1S/C6H14O5/c1-3(8)5(10)6(11)4(9)2-7/h3-11H,2H2,1H3/t3-,4+,5+,6+/m0/s1. The minimum absolute atomic E-state index is 0.648. The van der Waals surface area contributed by atoms with Crippen molar-refractivity contribution in [3.05, 3.63) is 0 Å². The Labute approximate surface area is 64.5 Å². The highest BCUT2D eigenvalue weighted by Gasteiger charge is 2.27. The lowest BCUT2D eigenvalue weighted by Gasteiger charge is -2.23. The van der Waals surface area contributed by atoms with Gasteiger partial charge in [0.1, 0.15) is 18.3 Å². The third-order valence-corrected chi connectivity index (χ3v) is 1.43. The highest BCUT2D eigenvalue weighted by molar-refractivity contribution is 4.77. The van der Waals surface area contributed by atoms with Gasteiger partial charge >= 0.3 is 0 Å². The minimum atomic E-state index is -1.51. The van der Waals surface area contributed by atoms with Crippen molar-refractivity contribution in [2.75, 3.05) is 6.61 Å². The molecule has 0 spiro atoms. The lowest BCUT2D eigenvalue weighted by Crippen LogP contribution is -2.44. The van der Waals surface area contributed by atoms with Crippen molar-refractivity contribution in [3.8, 4) is 0 Å². The Kier molecular flexibility index (Phi) is 4.55. The van der Waals surface area contributed by atoms with Crippen LogP contribution < -0.4 is 0 Å². The molecular weight excluding hydrogens is 152 g/mol. The lowest BCUT2D eigenvalue weighted by molar-refractivity contribution is -0.110. The summed E-state index contributed by atoms with van der Waals surface area (Å²) >= 11 is 0. The van der Waals surface area contributed by atoms with Gasteiger partial charge in [-0.05, 0) is 6.92 Å². The number of hydrogen-bond donors (Lipinski definition) is 5. The first-order chi connectivity index (χ1) is 5.00. The van der Waals surface area contributed by atoms with Crippen molar-refractivity contribution >= 4 is 0 Å². The molecule has 0 amide bonds. The van der Waals surface area contributed by atoms with Gasteiger partial charge in [-0.15, -0.1) is 0 Å². The molecule has 5 heteroatoms. The molecule has 0 aromatic carbocycles. The molecule has 68 valence electrons. The largest absolute Gasteiger partial charge is 0.394 e. The van der Waals surface area contributed by atoms with E-state index in [2.05, 4.69) is 0 Å². The van der Waals surface area contributed by atoms with Crippen molar-refractivity contribution in [2.24, 2.45) is 0 Å². The zero-order valence-corrected chi connectivity index (χ0v) is 6.25. The van der Waals surface area contributed by atoms with Crippen molar-refractivity contribution < 1.29 is 25.5 Å². The molecule has 0 aliphatic rings. The van der Waals surface area contributed by atoms with Crippen LogP contribution in [0.2, 0.25) is 0 Å². The zero-order chi connectivity index (χ0) is 9.02. The second kappa shape index (κ2) is 4.63. The van der Waals surface area contributed by atoms with Gasteiger partial charge in [0.2, 0.25) is 0 Å². The molecule has 11 heavy (non-hydrogen) atoms. The summed E-state index contributed by atoms with van der Waals surface area (Å²) in [6.07, 6.45) is -5.50. The summed E-state index contributed by atoms with van der Waals surface area (Å²) in [7, 11) is 0. The maximum Gasteiger partial charge on any atom is 0.110 e. The van der Waals surface area contributed by atoms with Crippen molar-refractivity contribution in [1.82, 2.24) is 0 Å². The maximum absolute atomic E-state index is 8.94. The number of hydrogen-bond acceptors (Lipinski definition) is 5. The molecule has 0 radical (unpaired) electrons. The Balaban J connectivity index is 3.90. The van der Waals surface area contributed by atoms with E-state index in [1.54, 1.807) is 0 Å². The molecule has 0 heterocycles. The van der Waals surface area contributed by atoms with Gasteiger partial charge in [-0.3, -0.25) is 0 Å². The molecule has 0 aliphatic heterocycles. The molecule has 0 bridgehead atoms.